The van der Waals surface area contributed by atoms with Gasteiger partial charge in [-0.05, 0) is 38.3 Å². The highest BCUT2D eigenvalue weighted by atomic mass is 16.1. The summed E-state index contributed by atoms with van der Waals surface area (Å²) in [6.07, 6.45) is 3.22. The predicted molar refractivity (Wildman–Crippen MR) is 68.2 cm³/mol. The zero-order chi connectivity index (χ0) is 12.9. The van der Waals surface area contributed by atoms with Gasteiger partial charge in [0, 0.05) is 30.2 Å². The summed E-state index contributed by atoms with van der Waals surface area (Å²) in [7, 11) is 0. The molecule has 1 aromatic heterocycles. The number of rotatable bonds is 1. The highest BCUT2D eigenvalue weighted by molar-refractivity contribution is 5.38. The Hall–Kier alpha value is -1.60. The van der Waals surface area contributed by atoms with Gasteiger partial charge in [-0.1, -0.05) is 0 Å². The Kier molecular flexibility index (Phi) is 2.53. The summed E-state index contributed by atoms with van der Waals surface area (Å²) < 4.78 is 0. The molecule has 0 saturated carbocycles. The summed E-state index contributed by atoms with van der Waals surface area (Å²) in [5.41, 5.74) is 2.20. The molecule has 18 heavy (non-hydrogen) atoms. The summed E-state index contributed by atoms with van der Waals surface area (Å²) in [6, 6.07) is 5.22. The van der Waals surface area contributed by atoms with Gasteiger partial charge in [-0.2, -0.15) is 5.26 Å². The van der Waals surface area contributed by atoms with Crippen molar-refractivity contribution in [2.75, 3.05) is 0 Å². The highest BCUT2D eigenvalue weighted by Crippen LogP contribution is 2.43. The molecule has 1 fully saturated rings. The molecule has 4 heteroatoms. The van der Waals surface area contributed by atoms with Crippen molar-refractivity contribution >= 4 is 0 Å². The Bertz CT molecular complexity index is 582. The molecule has 2 bridgehead atoms. The Morgan fingerprint density at radius 3 is 2.94 bits per heavy atom. The molecule has 1 aromatic rings. The minimum absolute atomic E-state index is 0.239. The van der Waals surface area contributed by atoms with Gasteiger partial charge in [0.2, 0.25) is 0 Å². The summed E-state index contributed by atoms with van der Waals surface area (Å²) in [6.45, 7) is 4.43. The Morgan fingerprint density at radius 2 is 2.28 bits per heavy atom. The van der Waals surface area contributed by atoms with E-state index in [9.17, 15) is 4.79 Å². The minimum atomic E-state index is -0.242. The molecular formula is C14H17N3O. The van der Waals surface area contributed by atoms with Gasteiger partial charge in [-0.3, -0.25) is 9.69 Å². The van der Waals surface area contributed by atoms with Crippen molar-refractivity contribution in [2.24, 2.45) is 0 Å². The fourth-order valence-corrected chi connectivity index (χ4v) is 3.58. The zero-order valence-corrected chi connectivity index (χ0v) is 10.7. The van der Waals surface area contributed by atoms with Crippen LogP contribution in [0.5, 0.6) is 0 Å². The fraction of sp³-hybridized carbons (Fsp3) is 0.571. The van der Waals surface area contributed by atoms with Crippen molar-refractivity contribution in [3.63, 3.8) is 0 Å². The number of nitrogens with zero attached hydrogens (tertiary/aromatic N) is 2. The molecule has 2 aliphatic heterocycles. The smallest absolute Gasteiger partial charge is 0.266 e. The van der Waals surface area contributed by atoms with Crippen LogP contribution in [0.2, 0.25) is 0 Å². The van der Waals surface area contributed by atoms with Crippen molar-refractivity contribution in [2.45, 2.75) is 51.2 Å². The largest absolute Gasteiger partial charge is 0.325 e. The highest BCUT2D eigenvalue weighted by Gasteiger charge is 2.41. The van der Waals surface area contributed by atoms with Crippen LogP contribution in [0.25, 0.3) is 0 Å². The molecule has 1 saturated heterocycles. The lowest BCUT2D eigenvalue weighted by Gasteiger charge is -2.38. The quantitative estimate of drug-likeness (QED) is 0.817. The summed E-state index contributed by atoms with van der Waals surface area (Å²) in [5.74, 6) is 0. The van der Waals surface area contributed by atoms with E-state index in [1.54, 1.807) is 6.07 Å². The molecule has 2 unspecified atom stereocenters. The molecule has 3 rings (SSSR count). The molecule has 0 aromatic carbocycles. The van der Waals surface area contributed by atoms with Crippen molar-refractivity contribution in [3.05, 3.63) is 33.2 Å². The van der Waals surface area contributed by atoms with E-state index in [1.165, 1.54) is 6.42 Å². The lowest BCUT2D eigenvalue weighted by Crippen LogP contribution is -2.43. The van der Waals surface area contributed by atoms with E-state index in [2.05, 4.69) is 23.7 Å². The number of aromatic nitrogens is 1. The second kappa shape index (κ2) is 3.96. The first-order valence-electron chi connectivity index (χ1n) is 6.55. The standard InChI is InChI=1S/C14H17N3O/c1-8(2)17-10-3-4-13(17)11-5-9(7-15)14(18)16-12(11)6-10/h5,8,10,13H,3-4,6H2,1-2H3,(H,16,18). The Morgan fingerprint density at radius 1 is 1.50 bits per heavy atom. The zero-order valence-electron chi connectivity index (χ0n) is 10.7. The number of aromatic amines is 1. The van der Waals surface area contributed by atoms with Crippen LogP contribution in [0.15, 0.2) is 10.9 Å². The van der Waals surface area contributed by atoms with Gasteiger partial charge in [-0.25, -0.2) is 0 Å². The molecule has 3 heterocycles. The van der Waals surface area contributed by atoms with Crippen LogP contribution in [-0.2, 0) is 6.42 Å². The van der Waals surface area contributed by atoms with Gasteiger partial charge in [0.15, 0.2) is 0 Å². The topological polar surface area (TPSA) is 59.9 Å². The van der Waals surface area contributed by atoms with Crippen molar-refractivity contribution < 1.29 is 0 Å². The molecule has 0 radical (unpaired) electrons. The lowest BCUT2D eigenvalue weighted by molar-refractivity contribution is 0.133. The number of nitriles is 1. The minimum Gasteiger partial charge on any atom is -0.325 e. The molecule has 4 nitrogen and oxygen atoms in total. The van der Waals surface area contributed by atoms with E-state index in [4.69, 9.17) is 5.26 Å². The van der Waals surface area contributed by atoms with Crippen LogP contribution in [0.4, 0.5) is 0 Å². The first-order valence-corrected chi connectivity index (χ1v) is 6.55. The van der Waals surface area contributed by atoms with Gasteiger partial charge < -0.3 is 4.98 Å². The maximum absolute atomic E-state index is 11.7. The predicted octanol–water partition coefficient (Wildman–Crippen LogP) is 1.72. The number of hydrogen-bond donors (Lipinski definition) is 1. The van der Waals surface area contributed by atoms with E-state index in [1.807, 2.05) is 6.07 Å². The van der Waals surface area contributed by atoms with E-state index in [0.29, 0.717) is 18.1 Å². The van der Waals surface area contributed by atoms with Crippen LogP contribution >= 0.6 is 0 Å². The number of hydrogen-bond acceptors (Lipinski definition) is 3. The third-order valence-electron chi connectivity index (χ3n) is 4.23. The molecule has 0 aliphatic carbocycles. The van der Waals surface area contributed by atoms with Gasteiger partial charge in [-0.15, -0.1) is 0 Å². The molecule has 1 N–H and O–H groups in total. The van der Waals surface area contributed by atoms with Gasteiger partial charge in [0.05, 0.1) is 0 Å². The normalized spacial score (nSPS) is 26.1. The van der Waals surface area contributed by atoms with Gasteiger partial charge in [0.1, 0.15) is 11.6 Å². The molecule has 94 valence electrons. The van der Waals surface area contributed by atoms with Crippen molar-refractivity contribution in [3.8, 4) is 6.07 Å². The van der Waals surface area contributed by atoms with Crippen molar-refractivity contribution in [1.29, 1.82) is 5.26 Å². The van der Waals surface area contributed by atoms with Gasteiger partial charge >= 0.3 is 0 Å². The first kappa shape index (κ1) is 11.5. The molecule has 2 aliphatic rings. The average Bonchev–Trinajstić information content (AvgIpc) is 2.65. The number of H-pyrrole nitrogens is 1. The van der Waals surface area contributed by atoms with Crippen LogP contribution in [0, 0.1) is 11.3 Å². The molecule has 0 amide bonds. The molecular weight excluding hydrogens is 226 g/mol. The fourth-order valence-electron chi connectivity index (χ4n) is 3.58. The third-order valence-corrected chi connectivity index (χ3v) is 4.23. The SMILES string of the molecule is CC(C)N1C2CCC1c1cc(C#N)c(=O)[nH]c1C2. The summed E-state index contributed by atoms with van der Waals surface area (Å²) >= 11 is 0. The van der Waals surface area contributed by atoms with Crippen LogP contribution < -0.4 is 5.56 Å². The molecule has 0 spiro atoms. The first-order chi connectivity index (χ1) is 8.61. The average molecular weight is 243 g/mol. The Balaban J connectivity index is 2.13. The second-order valence-electron chi connectivity index (χ2n) is 5.55. The van der Waals surface area contributed by atoms with Crippen molar-refractivity contribution in [1.82, 2.24) is 9.88 Å². The maximum Gasteiger partial charge on any atom is 0.266 e. The van der Waals surface area contributed by atoms with Crippen LogP contribution in [0.1, 0.15) is 49.6 Å². The summed E-state index contributed by atoms with van der Waals surface area (Å²) in [5, 5.41) is 8.98. The van der Waals surface area contributed by atoms with E-state index in [-0.39, 0.29) is 11.1 Å². The Labute approximate surface area is 106 Å². The maximum atomic E-state index is 11.7. The van der Waals surface area contributed by atoms with E-state index in [0.717, 1.165) is 24.1 Å². The number of nitrogens with one attached hydrogen (secondary N) is 1. The van der Waals surface area contributed by atoms with E-state index >= 15 is 0 Å². The van der Waals surface area contributed by atoms with Gasteiger partial charge in [0.25, 0.3) is 5.56 Å². The third kappa shape index (κ3) is 1.51. The summed E-state index contributed by atoms with van der Waals surface area (Å²) in [4.78, 5) is 17.1. The van der Waals surface area contributed by atoms with E-state index < -0.39 is 0 Å². The monoisotopic (exact) mass is 243 g/mol. The van der Waals surface area contributed by atoms with Crippen LogP contribution in [0.3, 0.4) is 0 Å². The number of fused-ring (bicyclic) bond motifs is 4. The second-order valence-corrected chi connectivity index (χ2v) is 5.55. The van der Waals surface area contributed by atoms with Crippen LogP contribution in [-0.4, -0.2) is 22.0 Å². The lowest BCUT2D eigenvalue weighted by atomic mass is 9.95. The molecule has 2 atom stereocenters. The number of pyridine rings is 1.